The summed E-state index contributed by atoms with van der Waals surface area (Å²) in [5, 5.41) is 0. The van der Waals surface area contributed by atoms with E-state index in [0.29, 0.717) is 18.6 Å². The van der Waals surface area contributed by atoms with Gasteiger partial charge in [-0.2, -0.15) is 0 Å². The van der Waals surface area contributed by atoms with Gasteiger partial charge in [-0.3, -0.25) is 0 Å². The average Bonchev–Trinajstić information content (AvgIpc) is 1.94. The van der Waals surface area contributed by atoms with Crippen molar-refractivity contribution >= 4 is 0 Å². The molecule has 0 rings (SSSR count). The predicted molar refractivity (Wildman–Crippen MR) is 52.9 cm³/mol. The molecular weight excluding hydrogens is 148 g/mol. The highest BCUT2D eigenvalue weighted by Crippen LogP contribution is 2.16. The van der Waals surface area contributed by atoms with E-state index in [1.54, 1.807) is 6.08 Å². The van der Waals surface area contributed by atoms with Gasteiger partial charge in [0.15, 0.2) is 0 Å². The van der Waals surface area contributed by atoms with Crippen molar-refractivity contribution in [1.29, 1.82) is 0 Å². The summed E-state index contributed by atoms with van der Waals surface area (Å²) in [4.78, 5) is 0. The van der Waals surface area contributed by atoms with Gasteiger partial charge in [0.1, 0.15) is 6.61 Å². The maximum absolute atomic E-state index is 5.11. The summed E-state index contributed by atoms with van der Waals surface area (Å²) in [6.07, 6.45) is 2.65. The van der Waals surface area contributed by atoms with Crippen molar-refractivity contribution in [1.82, 2.24) is 0 Å². The Morgan fingerprint density at radius 2 is 2.00 bits per heavy atom. The molecule has 1 nitrogen and oxygen atoms in total. The molecule has 0 spiro atoms. The van der Waals surface area contributed by atoms with Crippen molar-refractivity contribution in [3.63, 3.8) is 0 Å². The summed E-state index contributed by atoms with van der Waals surface area (Å²) in [5.41, 5.74) is 0.297. The van der Waals surface area contributed by atoms with Crippen LogP contribution in [-0.4, -0.2) is 13.2 Å². The summed E-state index contributed by atoms with van der Waals surface area (Å²) >= 11 is 0. The van der Waals surface area contributed by atoms with Crippen LogP contribution in [0.2, 0.25) is 0 Å². The Labute approximate surface area is 75.8 Å². The molecule has 0 saturated carbocycles. The molecule has 68 valence electrons. The molecule has 0 aliphatic heterocycles. The minimum atomic E-state index is 0.297. The zero-order chi connectivity index (χ0) is 9.45. The monoisotopic (exact) mass is 166 g/mol. The molecule has 0 N–H and O–H groups in total. The second kappa shape index (κ2) is 5.85. The minimum Gasteiger partial charge on any atom is -0.365 e. The molecule has 0 bridgehead atoms. The highest BCUT2D eigenvalue weighted by atomic mass is 16.5. The van der Waals surface area contributed by atoms with Crippen LogP contribution in [0.25, 0.3) is 0 Å². The van der Waals surface area contributed by atoms with Gasteiger partial charge in [-0.1, -0.05) is 32.8 Å². The van der Waals surface area contributed by atoms with E-state index in [4.69, 9.17) is 4.74 Å². The van der Waals surface area contributed by atoms with Gasteiger partial charge in [0.2, 0.25) is 0 Å². The predicted octanol–water partition coefficient (Wildman–Crippen LogP) is 2.63. The molecule has 0 aromatic carbocycles. The largest absolute Gasteiger partial charge is 0.365 e. The second-order valence-corrected chi connectivity index (χ2v) is 3.89. The lowest BCUT2D eigenvalue weighted by molar-refractivity contribution is 0.199. The third-order valence-corrected chi connectivity index (χ3v) is 1.15. The normalized spacial score (nSPS) is 10.2. The highest BCUT2D eigenvalue weighted by Gasteiger charge is 2.06. The summed E-state index contributed by atoms with van der Waals surface area (Å²) < 4.78 is 5.11. The fourth-order valence-electron chi connectivity index (χ4n) is 0.572. The summed E-state index contributed by atoms with van der Waals surface area (Å²) in [5.74, 6) is 6.03. The Kier molecular flexibility index (Phi) is 5.49. The molecule has 0 aliphatic carbocycles. The molecule has 0 aromatic heterocycles. The Hall–Kier alpha value is -0.740. The first kappa shape index (κ1) is 11.3. The smallest absolute Gasteiger partial charge is 0.108 e. The summed E-state index contributed by atoms with van der Waals surface area (Å²) in [6, 6.07) is 0. The van der Waals surface area contributed by atoms with Crippen LogP contribution >= 0.6 is 0 Å². The van der Waals surface area contributed by atoms with E-state index >= 15 is 0 Å². The maximum atomic E-state index is 5.11. The van der Waals surface area contributed by atoms with Gasteiger partial charge >= 0.3 is 0 Å². The third-order valence-electron chi connectivity index (χ3n) is 1.15. The van der Waals surface area contributed by atoms with Gasteiger partial charge in [-0.25, -0.2) is 0 Å². The van der Waals surface area contributed by atoms with E-state index in [1.165, 1.54) is 0 Å². The second-order valence-electron chi connectivity index (χ2n) is 3.89. The highest BCUT2D eigenvalue weighted by molar-refractivity contribution is 5.01. The number of hydrogen-bond acceptors (Lipinski definition) is 1. The molecule has 1 heteroatoms. The fraction of sp³-hybridized carbons (Fsp3) is 0.636. The molecule has 0 heterocycles. The number of hydrogen-bond donors (Lipinski definition) is 0. The first-order valence-electron chi connectivity index (χ1n) is 4.20. The zero-order valence-electron chi connectivity index (χ0n) is 8.31. The molecule has 0 aliphatic rings. The SMILES string of the molecule is C=CCOCC#CCC(C)(C)C. The van der Waals surface area contributed by atoms with E-state index in [0.717, 1.165) is 6.42 Å². The summed E-state index contributed by atoms with van der Waals surface area (Å²) in [7, 11) is 0. The van der Waals surface area contributed by atoms with Gasteiger partial charge in [-0.05, 0) is 5.41 Å². The van der Waals surface area contributed by atoms with Gasteiger partial charge < -0.3 is 4.74 Å². The van der Waals surface area contributed by atoms with Crippen molar-refractivity contribution < 1.29 is 4.74 Å². The van der Waals surface area contributed by atoms with Crippen molar-refractivity contribution in [3.8, 4) is 11.8 Å². The molecule has 0 unspecified atom stereocenters. The molecule has 0 aromatic rings. The lowest BCUT2D eigenvalue weighted by Crippen LogP contribution is -2.02. The van der Waals surface area contributed by atoms with Gasteiger partial charge in [0, 0.05) is 6.42 Å². The Balaban J connectivity index is 3.41. The Morgan fingerprint density at radius 1 is 1.33 bits per heavy atom. The third kappa shape index (κ3) is 9.26. The van der Waals surface area contributed by atoms with Crippen molar-refractivity contribution in [3.05, 3.63) is 12.7 Å². The van der Waals surface area contributed by atoms with Crippen LogP contribution < -0.4 is 0 Å². The molecule has 12 heavy (non-hydrogen) atoms. The van der Waals surface area contributed by atoms with Gasteiger partial charge in [0.05, 0.1) is 6.61 Å². The van der Waals surface area contributed by atoms with Crippen LogP contribution in [0.4, 0.5) is 0 Å². The van der Waals surface area contributed by atoms with E-state index in [1.807, 2.05) is 0 Å². The van der Waals surface area contributed by atoms with Crippen LogP contribution in [-0.2, 0) is 4.74 Å². The molecule has 0 saturated heterocycles. The van der Waals surface area contributed by atoms with Crippen molar-refractivity contribution in [2.75, 3.05) is 13.2 Å². The first-order valence-corrected chi connectivity index (χ1v) is 4.20. The van der Waals surface area contributed by atoms with E-state index in [-0.39, 0.29) is 0 Å². The molecule has 0 radical (unpaired) electrons. The topological polar surface area (TPSA) is 9.23 Å². The average molecular weight is 166 g/mol. The number of rotatable bonds is 3. The minimum absolute atomic E-state index is 0.297. The molecule has 0 fully saturated rings. The van der Waals surface area contributed by atoms with Crippen LogP contribution in [0, 0.1) is 17.3 Å². The van der Waals surface area contributed by atoms with E-state index < -0.39 is 0 Å². The molecule has 0 amide bonds. The van der Waals surface area contributed by atoms with Crippen LogP contribution in [0.1, 0.15) is 27.2 Å². The summed E-state index contributed by atoms with van der Waals surface area (Å²) in [6.45, 7) is 11.2. The first-order chi connectivity index (χ1) is 5.56. The van der Waals surface area contributed by atoms with Gasteiger partial charge in [0.25, 0.3) is 0 Å². The molecular formula is C11H18O. The van der Waals surface area contributed by atoms with Crippen LogP contribution in [0.15, 0.2) is 12.7 Å². The van der Waals surface area contributed by atoms with E-state index in [2.05, 4.69) is 39.2 Å². The lowest BCUT2D eigenvalue weighted by atomic mass is 9.93. The zero-order valence-corrected chi connectivity index (χ0v) is 8.31. The lowest BCUT2D eigenvalue weighted by Gasteiger charge is -2.12. The van der Waals surface area contributed by atoms with Crippen molar-refractivity contribution in [2.24, 2.45) is 5.41 Å². The Morgan fingerprint density at radius 3 is 2.50 bits per heavy atom. The van der Waals surface area contributed by atoms with Gasteiger partial charge in [-0.15, -0.1) is 12.5 Å². The van der Waals surface area contributed by atoms with E-state index in [9.17, 15) is 0 Å². The fourth-order valence-corrected chi connectivity index (χ4v) is 0.572. The maximum Gasteiger partial charge on any atom is 0.108 e. The molecule has 0 atom stereocenters. The van der Waals surface area contributed by atoms with Crippen molar-refractivity contribution in [2.45, 2.75) is 27.2 Å². The van der Waals surface area contributed by atoms with Crippen LogP contribution in [0.5, 0.6) is 0 Å². The quantitative estimate of drug-likeness (QED) is 0.356. The van der Waals surface area contributed by atoms with Crippen LogP contribution in [0.3, 0.4) is 0 Å². The standard InChI is InChI=1S/C11H18O/c1-5-9-12-10-7-6-8-11(2,3)4/h5H,1,8-10H2,2-4H3. The Bertz CT molecular complexity index is 175. The number of ether oxygens (including phenoxy) is 1.